The smallest absolute Gasteiger partial charge is 0.177 e. The third kappa shape index (κ3) is 2.49. The Morgan fingerprint density at radius 1 is 1.35 bits per heavy atom. The first kappa shape index (κ1) is 11.1. The van der Waals surface area contributed by atoms with Gasteiger partial charge in [0, 0.05) is 6.42 Å². The van der Waals surface area contributed by atoms with Crippen LogP contribution < -0.4 is 0 Å². The van der Waals surface area contributed by atoms with Gasteiger partial charge in [-0.1, -0.05) is 6.42 Å². The molecule has 0 amide bonds. The van der Waals surface area contributed by atoms with Crippen molar-refractivity contribution in [3.05, 3.63) is 5.82 Å². The number of aliphatic hydroxyl groups is 1. The van der Waals surface area contributed by atoms with Gasteiger partial charge in [0.05, 0.1) is 12.6 Å². The van der Waals surface area contributed by atoms with E-state index in [4.69, 9.17) is 0 Å². The van der Waals surface area contributed by atoms with E-state index in [1.165, 1.54) is 24.1 Å². The molecule has 2 aliphatic rings. The number of aromatic nitrogens is 4. The van der Waals surface area contributed by atoms with Gasteiger partial charge in [-0.3, -0.25) is 0 Å². The third-order valence-electron chi connectivity index (χ3n) is 4.18. The van der Waals surface area contributed by atoms with Crippen LogP contribution >= 0.6 is 0 Å². The van der Waals surface area contributed by atoms with E-state index < -0.39 is 5.60 Å². The average Bonchev–Trinajstić information content (AvgIpc) is 3.04. The van der Waals surface area contributed by atoms with Gasteiger partial charge < -0.3 is 5.11 Å². The van der Waals surface area contributed by atoms with Gasteiger partial charge >= 0.3 is 0 Å². The Kier molecular flexibility index (Phi) is 2.65. The van der Waals surface area contributed by atoms with Crippen LogP contribution in [-0.2, 0) is 13.5 Å². The zero-order valence-electron chi connectivity index (χ0n) is 10.3. The van der Waals surface area contributed by atoms with Crippen molar-refractivity contribution in [2.45, 2.75) is 50.5 Å². The van der Waals surface area contributed by atoms with Crippen molar-refractivity contribution in [1.82, 2.24) is 20.2 Å². The molecule has 2 fully saturated rings. The Balaban J connectivity index is 1.67. The van der Waals surface area contributed by atoms with Crippen LogP contribution in [0.25, 0.3) is 0 Å². The standard InChI is InChI=1S/C12H20N4O/c1-16-14-11(13-15-16)8-12(17)6-2-3-10(7-12)9-4-5-9/h9-10,17H,2-8H2,1H3. The highest BCUT2D eigenvalue weighted by Gasteiger charge is 2.41. The topological polar surface area (TPSA) is 63.8 Å². The molecule has 5 nitrogen and oxygen atoms in total. The lowest BCUT2D eigenvalue weighted by Gasteiger charge is -2.36. The van der Waals surface area contributed by atoms with E-state index in [0.717, 1.165) is 31.1 Å². The van der Waals surface area contributed by atoms with E-state index in [0.29, 0.717) is 12.2 Å². The molecule has 0 radical (unpaired) electrons. The zero-order chi connectivity index (χ0) is 11.9. The molecule has 2 aliphatic carbocycles. The molecular formula is C12H20N4O. The van der Waals surface area contributed by atoms with E-state index in [9.17, 15) is 5.11 Å². The van der Waals surface area contributed by atoms with Crippen LogP contribution in [-0.4, -0.2) is 30.9 Å². The lowest BCUT2D eigenvalue weighted by molar-refractivity contribution is -0.0211. The minimum Gasteiger partial charge on any atom is -0.389 e. The summed E-state index contributed by atoms with van der Waals surface area (Å²) in [7, 11) is 1.76. The lowest BCUT2D eigenvalue weighted by atomic mass is 9.74. The number of rotatable bonds is 3. The minimum atomic E-state index is -0.589. The van der Waals surface area contributed by atoms with Gasteiger partial charge in [0.2, 0.25) is 0 Å². The lowest BCUT2D eigenvalue weighted by Crippen LogP contribution is -2.38. The largest absolute Gasteiger partial charge is 0.389 e. The Bertz CT molecular complexity index is 401. The van der Waals surface area contributed by atoms with Crippen molar-refractivity contribution in [1.29, 1.82) is 0 Å². The highest BCUT2D eigenvalue weighted by atomic mass is 16.3. The van der Waals surface area contributed by atoms with Crippen LogP contribution in [0.4, 0.5) is 0 Å². The van der Waals surface area contributed by atoms with E-state index in [-0.39, 0.29) is 0 Å². The summed E-state index contributed by atoms with van der Waals surface area (Å²) in [5, 5.41) is 22.6. The molecule has 1 heterocycles. The molecule has 94 valence electrons. The molecule has 0 saturated heterocycles. The SMILES string of the molecule is Cn1nnc(CC2(O)CCCC(C3CC3)C2)n1. The fourth-order valence-electron chi connectivity index (χ4n) is 3.20. The first-order valence-electron chi connectivity index (χ1n) is 6.60. The fraction of sp³-hybridized carbons (Fsp3) is 0.917. The fourth-order valence-corrected chi connectivity index (χ4v) is 3.20. The maximum absolute atomic E-state index is 10.7. The summed E-state index contributed by atoms with van der Waals surface area (Å²) in [5.41, 5.74) is -0.589. The molecular weight excluding hydrogens is 216 g/mol. The summed E-state index contributed by atoms with van der Waals surface area (Å²) < 4.78 is 0. The van der Waals surface area contributed by atoms with Gasteiger partial charge in [0.25, 0.3) is 0 Å². The van der Waals surface area contributed by atoms with Crippen LogP contribution in [0.1, 0.15) is 44.3 Å². The van der Waals surface area contributed by atoms with Gasteiger partial charge in [0.15, 0.2) is 5.82 Å². The molecule has 1 aromatic rings. The van der Waals surface area contributed by atoms with Gasteiger partial charge in [0.1, 0.15) is 0 Å². The first-order valence-corrected chi connectivity index (χ1v) is 6.60. The summed E-state index contributed by atoms with van der Waals surface area (Å²) in [6.07, 6.45) is 7.53. The molecule has 0 spiro atoms. The number of hydrogen-bond acceptors (Lipinski definition) is 4. The molecule has 17 heavy (non-hydrogen) atoms. The molecule has 2 atom stereocenters. The summed E-state index contributed by atoms with van der Waals surface area (Å²) in [4.78, 5) is 1.46. The van der Waals surface area contributed by atoms with Crippen molar-refractivity contribution in [2.75, 3.05) is 0 Å². The minimum absolute atomic E-state index is 0.560. The maximum atomic E-state index is 10.7. The Morgan fingerprint density at radius 2 is 2.18 bits per heavy atom. The van der Waals surface area contributed by atoms with E-state index >= 15 is 0 Å². The van der Waals surface area contributed by atoms with Crippen LogP contribution in [0.2, 0.25) is 0 Å². The van der Waals surface area contributed by atoms with Crippen molar-refractivity contribution in [2.24, 2.45) is 18.9 Å². The predicted octanol–water partition coefficient (Wildman–Crippen LogP) is 1.08. The summed E-state index contributed by atoms with van der Waals surface area (Å²) in [6.45, 7) is 0. The number of tetrazole rings is 1. The van der Waals surface area contributed by atoms with Crippen molar-refractivity contribution < 1.29 is 5.11 Å². The van der Waals surface area contributed by atoms with E-state index in [1.807, 2.05) is 0 Å². The second kappa shape index (κ2) is 4.05. The molecule has 2 saturated carbocycles. The molecule has 1 aromatic heterocycles. The van der Waals surface area contributed by atoms with Crippen LogP contribution in [0.3, 0.4) is 0 Å². The summed E-state index contributed by atoms with van der Waals surface area (Å²) in [6, 6.07) is 0. The number of nitrogens with zero attached hydrogens (tertiary/aromatic N) is 4. The molecule has 0 aliphatic heterocycles. The average molecular weight is 236 g/mol. The number of aryl methyl sites for hydroxylation is 1. The second-order valence-electron chi connectivity index (χ2n) is 5.79. The predicted molar refractivity (Wildman–Crippen MR) is 62.1 cm³/mol. The summed E-state index contributed by atoms with van der Waals surface area (Å²) in [5.74, 6) is 2.29. The summed E-state index contributed by atoms with van der Waals surface area (Å²) >= 11 is 0. The molecule has 5 heteroatoms. The monoisotopic (exact) mass is 236 g/mol. The van der Waals surface area contributed by atoms with E-state index in [2.05, 4.69) is 15.4 Å². The van der Waals surface area contributed by atoms with Crippen LogP contribution in [0.5, 0.6) is 0 Å². The third-order valence-corrected chi connectivity index (χ3v) is 4.18. The zero-order valence-corrected chi connectivity index (χ0v) is 10.3. The molecule has 0 bridgehead atoms. The Morgan fingerprint density at radius 3 is 2.82 bits per heavy atom. The van der Waals surface area contributed by atoms with Crippen molar-refractivity contribution in [3.63, 3.8) is 0 Å². The van der Waals surface area contributed by atoms with Gasteiger partial charge in [-0.2, -0.15) is 4.80 Å². The van der Waals surface area contributed by atoms with Crippen LogP contribution in [0, 0.1) is 11.8 Å². The second-order valence-corrected chi connectivity index (χ2v) is 5.79. The Labute approximate surface area is 101 Å². The normalized spacial score (nSPS) is 33.9. The quantitative estimate of drug-likeness (QED) is 0.853. The molecule has 0 aromatic carbocycles. The van der Waals surface area contributed by atoms with Crippen LogP contribution in [0.15, 0.2) is 0 Å². The van der Waals surface area contributed by atoms with E-state index in [1.54, 1.807) is 7.05 Å². The molecule has 3 rings (SSSR count). The van der Waals surface area contributed by atoms with Crippen molar-refractivity contribution >= 4 is 0 Å². The number of hydrogen-bond donors (Lipinski definition) is 1. The Hall–Kier alpha value is -0.970. The molecule has 2 unspecified atom stereocenters. The maximum Gasteiger partial charge on any atom is 0.177 e. The highest BCUT2D eigenvalue weighted by molar-refractivity contribution is 4.97. The van der Waals surface area contributed by atoms with Gasteiger partial charge in [-0.15, -0.1) is 10.2 Å². The molecule has 1 N–H and O–H groups in total. The highest BCUT2D eigenvalue weighted by Crippen LogP contribution is 2.47. The van der Waals surface area contributed by atoms with Gasteiger partial charge in [-0.25, -0.2) is 0 Å². The van der Waals surface area contributed by atoms with Crippen molar-refractivity contribution in [3.8, 4) is 0 Å². The first-order chi connectivity index (χ1) is 8.15. The van der Waals surface area contributed by atoms with Gasteiger partial charge in [-0.05, 0) is 49.2 Å².